The van der Waals surface area contributed by atoms with Gasteiger partial charge in [0.2, 0.25) is 0 Å². The van der Waals surface area contributed by atoms with Crippen LogP contribution in [-0.2, 0) is 4.74 Å². The Morgan fingerprint density at radius 2 is 1.85 bits per heavy atom. The second-order valence-electron chi connectivity index (χ2n) is 7.92. The average molecular weight is 381 g/mol. The van der Waals surface area contributed by atoms with Crippen LogP contribution in [0.2, 0.25) is 5.02 Å². The van der Waals surface area contributed by atoms with Gasteiger partial charge in [-0.15, -0.1) is 0 Å². The monoisotopic (exact) mass is 380 g/mol. The van der Waals surface area contributed by atoms with Gasteiger partial charge in [-0.05, 0) is 58.2 Å². The van der Waals surface area contributed by atoms with E-state index in [2.05, 4.69) is 10.6 Å². The molecule has 2 amide bonds. The number of alkyl carbamates (subject to hydrolysis) is 1. The lowest BCUT2D eigenvalue weighted by Crippen LogP contribution is -2.36. The van der Waals surface area contributed by atoms with Crippen molar-refractivity contribution >= 4 is 23.6 Å². The Kier molecular flexibility index (Phi) is 6.93. The quantitative estimate of drug-likeness (QED) is 0.773. The summed E-state index contributed by atoms with van der Waals surface area (Å²) in [7, 11) is 0. The van der Waals surface area contributed by atoms with Crippen LogP contribution in [-0.4, -0.2) is 23.6 Å². The smallest absolute Gasteiger partial charge is 0.408 e. The summed E-state index contributed by atoms with van der Waals surface area (Å²) in [6.07, 6.45) is 5.12. The van der Waals surface area contributed by atoms with Crippen molar-refractivity contribution in [2.24, 2.45) is 0 Å². The highest BCUT2D eigenvalue weighted by atomic mass is 35.5. The van der Waals surface area contributed by atoms with Crippen molar-refractivity contribution in [1.82, 2.24) is 10.6 Å². The van der Waals surface area contributed by atoms with Gasteiger partial charge in [0.15, 0.2) is 0 Å². The molecule has 26 heavy (non-hydrogen) atoms. The molecule has 0 radical (unpaired) electrons. The third kappa shape index (κ3) is 6.20. The first-order chi connectivity index (χ1) is 12.2. The van der Waals surface area contributed by atoms with E-state index in [0.29, 0.717) is 10.6 Å². The average Bonchev–Trinajstić information content (AvgIpc) is 2.53. The standard InChI is InChI=1S/C20H29ClN2O3/c1-13(22-19(25)26-20(2,3)4)14-10-11-16(17(21)12-14)18(24)23-15-8-6-5-7-9-15/h10-13,15H,5-9H2,1-4H3,(H,22,25)(H,23,24)/t13-/m0/s1. The van der Waals surface area contributed by atoms with Crippen molar-refractivity contribution in [3.8, 4) is 0 Å². The predicted octanol–water partition coefficient (Wildman–Crippen LogP) is 4.99. The number of carbonyl (C=O) groups is 2. The van der Waals surface area contributed by atoms with Gasteiger partial charge in [-0.1, -0.05) is 36.9 Å². The highest BCUT2D eigenvalue weighted by Crippen LogP contribution is 2.24. The maximum atomic E-state index is 12.5. The normalized spacial score (nSPS) is 16.7. The lowest BCUT2D eigenvalue weighted by atomic mass is 9.95. The Balaban J connectivity index is 1.99. The molecule has 0 aliphatic heterocycles. The van der Waals surface area contributed by atoms with Crippen molar-refractivity contribution in [2.45, 2.75) is 77.5 Å². The summed E-state index contributed by atoms with van der Waals surface area (Å²) >= 11 is 6.32. The third-order valence-electron chi connectivity index (χ3n) is 4.41. The van der Waals surface area contributed by atoms with Gasteiger partial charge in [-0.25, -0.2) is 4.79 Å². The van der Waals surface area contributed by atoms with Gasteiger partial charge in [0, 0.05) is 6.04 Å². The number of hydrogen-bond donors (Lipinski definition) is 2. The van der Waals surface area contributed by atoms with E-state index in [1.165, 1.54) is 6.42 Å². The lowest BCUT2D eigenvalue weighted by Gasteiger charge is -2.23. The fraction of sp³-hybridized carbons (Fsp3) is 0.600. The number of amides is 2. The third-order valence-corrected chi connectivity index (χ3v) is 4.72. The van der Waals surface area contributed by atoms with Crippen LogP contribution >= 0.6 is 11.6 Å². The zero-order chi connectivity index (χ0) is 19.3. The number of benzene rings is 1. The van der Waals surface area contributed by atoms with Crippen molar-refractivity contribution in [2.75, 3.05) is 0 Å². The van der Waals surface area contributed by atoms with Crippen molar-refractivity contribution < 1.29 is 14.3 Å². The molecule has 0 heterocycles. The Hall–Kier alpha value is -1.75. The Morgan fingerprint density at radius 3 is 2.42 bits per heavy atom. The first-order valence-corrected chi connectivity index (χ1v) is 9.63. The zero-order valence-corrected chi connectivity index (χ0v) is 16.8. The van der Waals surface area contributed by atoms with Crippen LogP contribution in [0.25, 0.3) is 0 Å². The molecule has 1 aliphatic rings. The second-order valence-corrected chi connectivity index (χ2v) is 8.32. The summed E-state index contributed by atoms with van der Waals surface area (Å²) in [6.45, 7) is 7.28. The second kappa shape index (κ2) is 8.76. The van der Waals surface area contributed by atoms with Crippen LogP contribution in [0.4, 0.5) is 4.79 Å². The van der Waals surface area contributed by atoms with Gasteiger partial charge in [-0.3, -0.25) is 4.79 Å². The van der Waals surface area contributed by atoms with Gasteiger partial charge >= 0.3 is 6.09 Å². The van der Waals surface area contributed by atoms with Crippen LogP contribution in [0, 0.1) is 0 Å². The molecule has 5 nitrogen and oxygen atoms in total. The molecule has 1 saturated carbocycles. The molecule has 1 aromatic rings. The van der Waals surface area contributed by atoms with Crippen LogP contribution in [0.3, 0.4) is 0 Å². The summed E-state index contributed by atoms with van der Waals surface area (Å²) in [5.74, 6) is -0.138. The van der Waals surface area contributed by atoms with Gasteiger partial charge in [0.05, 0.1) is 16.6 Å². The fourth-order valence-electron chi connectivity index (χ4n) is 3.06. The molecule has 0 unspecified atom stereocenters. The molecule has 0 spiro atoms. The van der Waals surface area contributed by atoms with Crippen LogP contribution in [0.1, 0.15) is 81.8 Å². The first kappa shape index (κ1) is 20.6. The Bertz CT molecular complexity index is 649. The van der Waals surface area contributed by atoms with E-state index in [0.717, 1.165) is 31.2 Å². The lowest BCUT2D eigenvalue weighted by molar-refractivity contribution is 0.0507. The number of nitrogens with one attached hydrogen (secondary N) is 2. The molecule has 2 N–H and O–H groups in total. The Morgan fingerprint density at radius 1 is 1.19 bits per heavy atom. The molecule has 6 heteroatoms. The van der Waals surface area contributed by atoms with E-state index in [4.69, 9.17) is 16.3 Å². The molecule has 1 atom stereocenters. The SMILES string of the molecule is C[C@H](NC(=O)OC(C)(C)C)c1ccc(C(=O)NC2CCCCC2)c(Cl)c1. The number of ether oxygens (including phenoxy) is 1. The minimum atomic E-state index is -0.553. The molecule has 2 rings (SSSR count). The highest BCUT2D eigenvalue weighted by Gasteiger charge is 2.21. The summed E-state index contributed by atoms with van der Waals surface area (Å²) in [5, 5.41) is 6.23. The number of rotatable bonds is 4. The fourth-order valence-corrected chi connectivity index (χ4v) is 3.34. The van der Waals surface area contributed by atoms with Gasteiger partial charge in [-0.2, -0.15) is 0 Å². The van der Waals surface area contributed by atoms with Crippen LogP contribution in [0.5, 0.6) is 0 Å². The molecule has 1 fully saturated rings. The summed E-state index contributed by atoms with van der Waals surface area (Å²) in [5.41, 5.74) is 0.725. The van der Waals surface area contributed by atoms with Gasteiger partial charge in [0.25, 0.3) is 5.91 Å². The number of halogens is 1. The maximum absolute atomic E-state index is 12.5. The van der Waals surface area contributed by atoms with E-state index in [-0.39, 0.29) is 18.0 Å². The molecule has 0 bridgehead atoms. The topological polar surface area (TPSA) is 67.4 Å². The van der Waals surface area contributed by atoms with Crippen molar-refractivity contribution in [3.05, 3.63) is 34.3 Å². The van der Waals surface area contributed by atoms with Gasteiger partial charge in [0.1, 0.15) is 5.60 Å². The maximum Gasteiger partial charge on any atom is 0.408 e. The van der Waals surface area contributed by atoms with E-state index >= 15 is 0 Å². The summed E-state index contributed by atoms with van der Waals surface area (Å²) < 4.78 is 5.26. The van der Waals surface area contributed by atoms with Crippen LogP contribution < -0.4 is 10.6 Å². The molecule has 1 aliphatic carbocycles. The largest absolute Gasteiger partial charge is 0.444 e. The summed E-state index contributed by atoms with van der Waals surface area (Å²) in [4.78, 5) is 24.4. The zero-order valence-electron chi connectivity index (χ0n) is 16.0. The van der Waals surface area contributed by atoms with E-state index in [9.17, 15) is 9.59 Å². The minimum absolute atomic E-state index is 0.138. The van der Waals surface area contributed by atoms with Crippen LogP contribution in [0.15, 0.2) is 18.2 Å². The Labute approximate surface area is 160 Å². The minimum Gasteiger partial charge on any atom is -0.444 e. The predicted molar refractivity (Wildman–Crippen MR) is 104 cm³/mol. The molecule has 144 valence electrons. The van der Waals surface area contributed by atoms with Crippen molar-refractivity contribution in [3.63, 3.8) is 0 Å². The van der Waals surface area contributed by atoms with Crippen molar-refractivity contribution in [1.29, 1.82) is 0 Å². The van der Waals surface area contributed by atoms with E-state index < -0.39 is 11.7 Å². The highest BCUT2D eigenvalue weighted by molar-refractivity contribution is 6.33. The number of hydrogen-bond acceptors (Lipinski definition) is 3. The molecule has 0 saturated heterocycles. The van der Waals surface area contributed by atoms with E-state index in [1.807, 2.05) is 33.8 Å². The van der Waals surface area contributed by atoms with E-state index in [1.54, 1.807) is 12.1 Å². The molecule has 0 aromatic heterocycles. The number of carbonyl (C=O) groups excluding carboxylic acids is 2. The van der Waals surface area contributed by atoms with Gasteiger partial charge < -0.3 is 15.4 Å². The molecular weight excluding hydrogens is 352 g/mol. The summed E-state index contributed by atoms with van der Waals surface area (Å²) in [6, 6.07) is 5.20. The molecular formula is C20H29ClN2O3. The molecule has 1 aromatic carbocycles. The first-order valence-electron chi connectivity index (χ1n) is 9.25.